The van der Waals surface area contributed by atoms with Crippen molar-refractivity contribution in [3.8, 4) is 5.75 Å². The maximum absolute atomic E-state index is 11.2. The van der Waals surface area contributed by atoms with Crippen LogP contribution >= 0.6 is 0 Å². The fraction of sp³-hybridized carbons (Fsp3) is 0.200. The molecule has 0 saturated carbocycles. The van der Waals surface area contributed by atoms with Gasteiger partial charge in [-0.2, -0.15) is 0 Å². The SMILES string of the molecule is CCOC(=O)c1ccc(OC(=O)O)cc1. The molecule has 1 rings (SSSR count). The van der Waals surface area contributed by atoms with Crippen LogP contribution in [-0.2, 0) is 4.74 Å². The third kappa shape index (κ3) is 3.30. The number of rotatable bonds is 3. The van der Waals surface area contributed by atoms with Crippen molar-refractivity contribution in [2.24, 2.45) is 0 Å². The second kappa shape index (κ2) is 4.99. The molecular formula is C10H10O5. The second-order valence-corrected chi connectivity index (χ2v) is 2.61. The minimum absolute atomic E-state index is 0.163. The summed E-state index contributed by atoms with van der Waals surface area (Å²) in [5, 5.41) is 8.32. The van der Waals surface area contributed by atoms with Gasteiger partial charge < -0.3 is 14.6 Å². The number of hydrogen-bond acceptors (Lipinski definition) is 4. The van der Waals surface area contributed by atoms with Crippen molar-refractivity contribution < 1.29 is 24.2 Å². The second-order valence-electron chi connectivity index (χ2n) is 2.61. The van der Waals surface area contributed by atoms with Crippen LogP contribution < -0.4 is 4.74 Å². The number of hydrogen-bond donors (Lipinski definition) is 1. The van der Waals surface area contributed by atoms with Gasteiger partial charge in [-0.15, -0.1) is 0 Å². The van der Waals surface area contributed by atoms with E-state index in [1.807, 2.05) is 0 Å². The lowest BCUT2D eigenvalue weighted by molar-refractivity contribution is 0.0526. The number of esters is 1. The fourth-order valence-corrected chi connectivity index (χ4v) is 0.974. The van der Waals surface area contributed by atoms with E-state index in [4.69, 9.17) is 9.84 Å². The lowest BCUT2D eigenvalue weighted by Gasteiger charge is -2.02. The first kappa shape index (κ1) is 11.0. The van der Waals surface area contributed by atoms with Crippen LogP contribution in [0.4, 0.5) is 4.79 Å². The molecular weight excluding hydrogens is 200 g/mol. The van der Waals surface area contributed by atoms with E-state index in [0.29, 0.717) is 12.2 Å². The summed E-state index contributed by atoms with van der Waals surface area (Å²) >= 11 is 0. The van der Waals surface area contributed by atoms with Crippen molar-refractivity contribution in [3.63, 3.8) is 0 Å². The molecule has 0 aliphatic rings. The predicted molar refractivity (Wildman–Crippen MR) is 51.1 cm³/mol. The summed E-state index contributed by atoms with van der Waals surface area (Å²) in [6.07, 6.45) is -1.39. The molecule has 1 aromatic carbocycles. The molecule has 0 unspecified atom stereocenters. The Morgan fingerprint density at radius 2 is 1.87 bits per heavy atom. The summed E-state index contributed by atoms with van der Waals surface area (Å²) in [5.41, 5.74) is 0.356. The van der Waals surface area contributed by atoms with Crippen LogP contribution in [0.15, 0.2) is 24.3 Å². The Morgan fingerprint density at radius 3 is 2.33 bits per heavy atom. The highest BCUT2D eigenvalue weighted by Crippen LogP contribution is 2.12. The monoisotopic (exact) mass is 210 g/mol. The lowest BCUT2D eigenvalue weighted by Crippen LogP contribution is -2.05. The standard InChI is InChI=1S/C10H10O5/c1-2-14-9(11)7-3-5-8(6-4-7)15-10(12)13/h3-6H,2H2,1H3,(H,12,13). The molecule has 0 bridgehead atoms. The molecule has 0 saturated heterocycles. The Labute approximate surface area is 86.2 Å². The molecule has 1 aromatic rings. The number of benzene rings is 1. The van der Waals surface area contributed by atoms with Gasteiger partial charge in [0.2, 0.25) is 0 Å². The maximum Gasteiger partial charge on any atom is 0.511 e. The molecule has 0 fully saturated rings. The van der Waals surface area contributed by atoms with E-state index in [1.165, 1.54) is 24.3 Å². The summed E-state index contributed by atoms with van der Waals surface area (Å²) in [6.45, 7) is 2.01. The first-order valence-corrected chi connectivity index (χ1v) is 4.31. The number of carboxylic acid groups (broad SMARTS) is 1. The molecule has 0 atom stereocenters. The highest BCUT2D eigenvalue weighted by atomic mass is 16.7. The minimum atomic E-state index is -1.39. The van der Waals surface area contributed by atoms with Gasteiger partial charge in [0.05, 0.1) is 12.2 Å². The van der Waals surface area contributed by atoms with Gasteiger partial charge in [-0.3, -0.25) is 0 Å². The van der Waals surface area contributed by atoms with Crippen molar-refractivity contribution >= 4 is 12.1 Å². The number of ether oxygens (including phenoxy) is 2. The lowest BCUT2D eigenvalue weighted by atomic mass is 10.2. The first-order valence-electron chi connectivity index (χ1n) is 4.31. The van der Waals surface area contributed by atoms with Gasteiger partial charge in [0, 0.05) is 0 Å². The fourth-order valence-electron chi connectivity index (χ4n) is 0.974. The molecule has 0 aliphatic carbocycles. The molecule has 15 heavy (non-hydrogen) atoms. The predicted octanol–water partition coefficient (Wildman–Crippen LogP) is 1.92. The first-order chi connectivity index (χ1) is 7.13. The van der Waals surface area contributed by atoms with Crippen LogP contribution in [0.3, 0.4) is 0 Å². The van der Waals surface area contributed by atoms with Gasteiger partial charge in [-0.05, 0) is 31.2 Å². The summed E-state index contributed by atoms with van der Waals surface area (Å²) in [4.78, 5) is 21.4. The van der Waals surface area contributed by atoms with Crippen LogP contribution in [0, 0.1) is 0 Å². The van der Waals surface area contributed by atoms with Crippen LogP contribution in [0.2, 0.25) is 0 Å². The summed E-state index contributed by atoms with van der Waals surface area (Å²) in [7, 11) is 0. The molecule has 1 N–H and O–H groups in total. The molecule has 5 heteroatoms. The highest BCUT2D eigenvalue weighted by molar-refractivity contribution is 5.89. The normalized spacial score (nSPS) is 9.40. The van der Waals surface area contributed by atoms with E-state index < -0.39 is 12.1 Å². The van der Waals surface area contributed by atoms with Crippen molar-refractivity contribution in [2.75, 3.05) is 6.61 Å². The third-order valence-electron chi connectivity index (χ3n) is 1.57. The van der Waals surface area contributed by atoms with Gasteiger partial charge >= 0.3 is 12.1 Å². The summed E-state index contributed by atoms with van der Waals surface area (Å²) < 4.78 is 9.13. The molecule has 0 amide bonds. The van der Waals surface area contributed by atoms with Crippen molar-refractivity contribution in [2.45, 2.75) is 6.92 Å². The largest absolute Gasteiger partial charge is 0.511 e. The molecule has 0 radical (unpaired) electrons. The summed E-state index contributed by atoms with van der Waals surface area (Å²) in [5.74, 6) is -0.282. The van der Waals surface area contributed by atoms with E-state index >= 15 is 0 Å². The Bertz CT molecular complexity index is 355. The Hall–Kier alpha value is -2.04. The quantitative estimate of drug-likeness (QED) is 0.609. The van der Waals surface area contributed by atoms with Crippen molar-refractivity contribution in [3.05, 3.63) is 29.8 Å². The zero-order chi connectivity index (χ0) is 11.3. The third-order valence-corrected chi connectivity index (χ3v) is 1.57. The van der Waals surface area contributed by atoms with E-state index in [-0.39, 0.29) is 5.75 Å². The molecule has 80 valence electrons. The zero-order valence-electron chi connectivity index (χ0n) is 8.10. The van der Waals surface area contributed by atoms with Crippen LogP contribution in [0.1, 0.15) is 17.3 Å². The average Bonchev–Trinajstić information content (AvgIpc) is 2.18. The van der Waals surface area contributed by atoms with E-state index in [0.717, 1.165) is 0 Å². The van der Waals surface area contributed by atoms with E-state index in [1.54, 1.807) is 6.92 Å². The van der Waals surface area contributed by atoms with Crippen LogP contribution in [0.25, 0.3) is 0 Å². The zero-order valence-corrected chi connectivity index (χ0v) is 8.10. The molecule has 5 nitrogen and oxygen atoms in total. The Morgan fingerprint density at radius 1 is 1.27 bits per heavy atom. The number of carbonyl (C=O) groups is 2. The van der Waals surface area contributed by atoms with E-state index in [2.05, 4.69) is 4.74 Å². The van der Waals surface area contributed by atoms with Crippen molar-refractivity contribution in [1.82, 2.24) is 0 Å². The molecule has 0 aromatic heterocycles. The van der Waals surface area contributed by atoms with Gasteiger partial charge in [-0.25, -0.2) is 9.59 Å². The average molecular weight is 210 g/mol. The Balaban J connectivity index is 2.71. The van der Waals surface area contributed by atoms with Crippen LogP contribution in [0.5, 0.6) is 5.75 Å². The Kier molecular flexibility index (Phi) is 3.68. The smallest absolute Gasteiger partial charge is 0.462 e. The molecule has 0 spiro atoms. The van der Waals surface area contributed by atoms with Crippen LogP contribution in [-0.4, -0.2) is 23.8 Å². The number of carbonyl (C=O) groups excluding carboxylic acids is 1. The van der Waals surface area contributed by atoms with E-state index in [9.17, 15) is 9.59 Å². The van der Waals surface area contributed by atoms with Gasteiger partial charge in [0.1, 0.15) is 5.75 Å². The molecule has 0 aliphatic heterocycles. The van der Waals surface area contributed by atoms with Gasteiger partial charge in [0.15, 0.2) is 0 Å². The van der Waals surface area contributed by atoms with Crippen molar-refractivity contribution in [1.29, 1.82) is 0 Å². The molecule has 0 heterocycles. The summed E-state index contributed by atoms with van der Waals surface area (Å²) in [6, 6.07) is 5.66. The minimum Gasteiger partial charge on any atom is -0.462 e. The van der Waals surface area contributed by atoms with Gasteiger partial charge in [0.25, 0.3) is 0 Å². The maximum atomic E-state index is 11.2. The topological polar surface area (TPSA) is 72.8 Å². The highest BCUT2D eigenvalue weighted by Gasteiger charge is 2.06. The van der Waals surface area contributed by atoms with Gasteiger partial charge in [-0.1, -0.05) is 0 Å².